The fourth-order valence-corrected chi connectivity index (χ4v) is 5.60. The number of nitrogens with two attached hydrogens (primary N) is 1. The second kappa shape index (κ2) is 11.8. The first kappa shape index (κ1) is 28.2. The Morgan fingerprint density at radius 1 is 1.33 bits per heavy atom. The van der Waals surface area contributed by atoms with E-state index in [4.69, 9.17) is 22.1 Å². The van der Waals surface area contributed by atoms with Crippen molar-refractivity contribution in [3.8, 4) is 0 Å². The molecule has 182 valence electrons. The third-order valence-electron chi connectivity index (χ3n) is 5.20. The van der Waals surface area contributed by atoms with Crippen LogP contribution in [0.2, 0.25) is 5.02 Å². The largest absolute Gasteiger partial charge is 1.00 e. The van der Waals surface area contributed by atoms with Crippen LogP contribution in [0.25, 0.3) is 11.6 Å². The maximum Gasteiger partial charge on any atom is 1.00 e. The van der Waals surface area contributed by atoms with Gasteiger partial charge >= 0.3 is 35.5 Å². The average Bonchev–Trinajstić information content (AvgIpc) is 3.25. The third-order valence-corrected chi connectivity index (χ3v) is 7.47. The summed E-state index contributed by atoms with van der Waals surface area (Å²) in [5, 5.41) is 16.2. The number of carbonyl (C=O) groups is 4. The normalized spacial score (nSPS) is 19.1. The summed E-state index contributed by atoms with van der Waals surface area (Å²) in [5.74, 6) is -3.14. The quantitative estimate of drug-likeness (QED) is 0.169. The summed E-state index contributed by atoms with van der Waals surface area (Å²) in [5.41, 5.74) is 6.85. The Balaban J connectivity index is 0.00000361. The van der Waals surface area contributed by atoms with Gasteiger partial charge in [-0.2, -0.15) is 0 Å². The molecule has 4 rings (SSSR count). The number of rotatable bonds is 7. The Hall–Kier alpha value is -2.35. The van der Waals surface area contributed by atoms with Gasteiger partial charge in [-0.05, 0) is 23.8 Å². The van der Waals surface area contributed by atoms with Gasteiger partial charge in [-0.1, -0.05) is 23.7 Å². The van der Waals surface area contributed by atoms with Crippen LogP contribution in [-0.4, -0.2) is 57.4 Å². The molecule has 1 aromatic heterocycles. The number of fused-ring (bicyclic) bond motifs is 1. The molecule has 10 nitrogen and oxygen atoms in total. The molecule has 1 aromatic carbocycles. The number of anilines is 1. The number of carboxylic acid groups (broad SMARTS) is 1. The Morgan fingerprint density at radius 3 is 2.61 bits per heavy atom. The Bertz CT molecular complexity index is 1280. The number of hydrogen-bond acceptors (Lipinski definition) is 10. The van der Waals surface area contributed by atoms with E-state index in [9.17, 15) is 24.3 Å². The second-order valence-electron chi connectivity index (χ2n) is 7.56. The van der Waals surface area contributed by atoms with Crippen molar-refractivity contribution in [1.82, 2.24) is 15.2 Å². The van der Waals surface area contributed by atoms with Crippen LogP contribution >= 0.6 is 34.7 Å². The molecular formula is C22H18ClN4NaO6S2. The van der Waals surface area contributed by atoms with E-state index in [0.717, 1.165) is 16.2 Å². The minimum absolute atomic E-state index is 0. The van der Waals surface area contributed by atoms with Gasteiger partial charge in [0.2, 0.25) is 0 Å². The Morgan fingerprint density at radius 2 is 2.03 bits per heavy atom. The van der Waals surface area contributed by atoms with Crippen LogP contribution in [-0.2, 0) is 23.9 Å². The third kappa shape index (κ3) is 5.96. The maximum atomic E-state index is 13.2. The van der Waals surface area contributed by atoms with Crippen LogP contribution in [0.5, 0.6) is 0 Å². The summed E-state index contributed by atoms with van der Waals surface area (Å²) in [6.07, 6.45) is 1.60. The molecule has 0 aliphatic carbocycles. The molecule has 0 spiro atoms. The zero-order chi connectivity index (χ0) is 25.3. The van der Waals surface area contributed by atoms with Gasteiger partial charge in [-0.3, -0.25) is 19.3 Å². The minimum Gasteiger partial charge on any atom is -0.543 e. The van der Waals surface area contributed by atoms with Gasteiger partial charge in [0.15, 0.2) is 5.13 Å². The number of aromatic nitrogens is 1. The summed E-state index contributed by atoms with van der Waals surface area (Å²) >= 11 is 8.35. The van der Waals surface area contributed by atoms with Gasteiger partial charge in [-0.25, -0.2) is 4.98 Å². The standard InChI is InChI=1S/C22H19ClN4O6S2.Na/c1-10(28)33-7-12-8-34-20-16(19(30)27(20)17(12)21(31)32)26-18(29)14(15-9-35-22(24)25-15)6-11-2-4-13(23)5-3-11;/h2-6,9,16,20H,7-8H2,1H3,(H2,24,25)(H,26,29)(H,31,32);/q;+1/p-1/b14-6+;/t16?,20-;/m0./s1. The predicted octanol–water partition coefficient (Wildman–Crippen LogP) is -2.11. The zero-order valence-electron chi connectivity index (χ0n) is 19.1. The monoisotopic (exact) mass is 556 g/mol. The Labute approximate surface area is 241 Å². The molecule has 36 heavy (non-hydrogen) atoms. The van der Waals surface area contributed by atoms with Crippen molar-refractivity contribution in [3.05, 3.63) is 57.2 Å². The summed E-state index contributed by atoms with van der Waals surface area (Å²) in [7, 11) is 0. The van der Waals surface area contributed by atoms with Crippen molar-refractivity contribution in [3.63, 3.8) is 0 Å². The van der Waals surface area contributed by atoms with E-state index in [-0.39, 0.29) is 63.9 Å². The van der Waals surface area contributed by atoms with Crippen LogP contribution in [0.3, 0.4) is 0 Å². The van der Waals surface area contributed by atoms with Gasteiger partial charge < -0.3 is 25.7 Å². The number of carbonyl (C=O) groups excluding carboxylic acids is 4. The van der Waals surface area contributed by atoms with Gasteiger partial charge in [0.1, 0.15) is 18.0 Å². The van der Waals surface area contributed by atoms with Gasteiger partial charge in [0.05, 0.1) is 22.9 Å². The van der Waals surface area contributed by atoms with Crippen molar-refractivity contribution in [2.45, 2.75) is 18.3 Å². The number of thioether (sulfide) groups is 1. The number of hydrogen-bond donors (Lipinski definition) is 2. The number of aliphatic carboxylic acids is 1. The van der Waals surface area contributed by atoms with Crippen LogP contribution in [0.15, 0.2) is 40.9 Å². The van der Waals surface area contributed by atoms with E-state index in [0.29, 0.717) is 16.3 Å². The number of ether oxygens (including phenoxy) is 1. The zero-order valence-corrected chi connectivity index (χ0v) is 23.5. The molecule has 1 unspecified atom stereocenters. The number of esters is 1. The van der Waals surface area contributed by atoms with Crippen molar-refractivity contribution in [2.75, 3.05) is 18.1 Å². The molecule has 3 heterocycles. The fourth-order valence-electron chi connectivity index (χ4n) is 3.58. The first-order valence-electron chi connectivity index (χ1n) is 10.2. The number of halogens is 1. The van der Waals surface area contributed by atoms with Crippen LogP contribution in [0.4, 0.5) is 5.13 Å². The number of thiazole rings is 1. The van der Waals surface area contributed by atoms with E-state index in [1.54, 1.807) is 35.7 Å². The van der Waals surface area contributed by atoms with Crippen LogP contribution < -0.4 is 45.7 Å². The van der Waals surface area contributed by atoms with Crippen molar-refractivity contribution < 1.29 is 58.6 Å². The van der Waals surface area contributed by atoms with Crippen molar-refractivity contribution >= 4 is 75.2 Å². The van der Waals surface area contributed by atoms with E-state index in [2.05, 4.69) is 10.3 Å². The van der Waals surface area contributed by atoms with Crippen LogP contribution in [0, 0.1) is 0 Å². The summed E-state index contributed by atoms with van der Waals surface area (Å²) in [4.78, 5) is 54.2. The number of β-lactam (4-membered cyclic amide) rings is 1. The molecule has 2 aliphatic heterocycles. The molecule has 1 saturated heterocycles. The van der Waals surface area contributed by atoms with Gasteiger partial charge in [0.25, 0.3) is 11.8 Å². The topological polar surface area (TPSA) is 155 Å². The molecule has 2 aromatic rings. The number of benzene rings is 1. The fraction of sp³-hybridized carbons (Fsp3) is 0.227. The number of nitrogens with one attached hydrogen (secondary N) is 1. The molecule has 1 fully saturated rings. The van der Waals surface area contributed by atoms with E-state index >= 15 is 0 Å². The average molecular weight is 557 g/mol. The maximum absolute atomic E-state index is 13.2. The summed E-state index contributed by atoms with van der Waals surface area (Å²) < 4.78 is 4.90. The molecular weight excluding hydrogens is 539 g/mol. The predicted molar refractivity (Wildman–Crippen MR) is 130 cm³/mol. The molecule has 14 heteroatoms. The molecule has 0 saturated carbocycles. The van der Waals surface area contributed by atoms with E-state index in [1.165, 1.54) is 18.7 Å². The summed E-state index contributed by atoms with van der Waals surface area (Å²) in [6.45, 7) is 0.932. The molecule has 2 atom stereocenters. The first-order chi connectivity index (χ1) is 16.7. The van der Waals surface area contributed by atoms with E-state index in [1.807, 2.05) is 0 Å². The number of amides is 2. The smallest absolute Gasteiger partial charge is 0.543 e. The Kier molecular flexibility index (Phi) is 9.25. The molecule has 0 bridgehead atoms. The SMILES string of the molecule is CC(=O)OCC1=C(C(=O)[O-])N2C(=O)C(NC(=O)/C(=C/c3ccc(Cl)cc3)c3csc(N)n3)[C@@H]2SC1.[Na+]. The first-order valence-corrected chi connectivity index (χ1v) is 12.5. The van der Waals surface area contributed by atoms with Crippen molar-refractivity contribution in [2.24, 2.45) is 0 Å². The molecule has 3 N–H and O–H groups in total. The minimum atomic E-state index is -1.56. The molecule has 0 radical (unpaired) electrons. The van der Waals surface area contributed by atoms with Crippen LogP contribution in [0.1, 0.15) is 18.2 Å². The molecule has 2 aliphatic rings. The van der Waals surface area contributed by atoms with Gasteiger partial charge in [0, 0.05) is 28.7 Å². The number of carboxylic acids is 1. The summed E-state index contributed by atoms with van der Waals surface area (Å²) in [6, 6.07) is 5.82. The van der Waals surface area contributed by atoms with Gasteiger partial charge in [-0.15, -0.1) is 23.1 Å². The number of nitrogen functional groups attached to an aromatic ring is 1. The second-order valence-corrected chi connectivity index (χ2v) is 9.99. The van der Waals surface area contributed by atoms with E-state index < -0.39 is 35.2 Å². The van der Waals surface area contributed by atoms with Crippen molar-refractivity contribution in [1.29, 1.82) is 0 Å². The number of nitrogens with zero attached hydrogens (tertiary/aromatic N) is 2. The molecule has 2 amide bonds.